The SMILES string of the molecule is N#Cc1ccc(-c2cc(N3CC4(COC4)C3)cc3ncnn23)cc1. The smallest absolute Gasteiger partial charge is 0.158 e. The van der Waals surface area contributed by atoms with Gasteiger partial charge in [0.25, 0.3) is 0 Å². The van der Waals surface area contributed by atoms with Crippen LogP contribution in [0.5, 0.6) is 0 Å². The van der Waals surface area contributed by atoms with Gasteiger partial charge in [0.2, 0.25) is 0 Å². The minimum atomic E-state index is 0.369. The summed E-state index contributed by atoms with van der Waals surface area (Å²) in [6, 6.07) is 13.9. The predicted octanol–water partition coefficient (Wildman–Crippen LogP) is 2.10. The van der Waals surface area contributed by atoms with Crippen LogP contribution in [0.15, 0.2) is 42.7 Å². The Morgan fingerprint density at radius 2 is 1.92 bits per heavy atom. The second-order valence-corrected chi connectivity index (χ2v) is 6.67. The van der Waals surface area contributed by atoms with Crippen LogP contribution < -0.4 is 4.90 Å². The number of rotatable bonds is 2. The average Bonchev–Trinajstić information content (AvgIpc) is 3.00. The van der Waals surface area contributed by atoms with E-state index in [-0.39, 0.29) is 0 Å². The van der Waals surface area contributed by atoms with Gasteiger partial charge in [-0.2, -0.15) is 10.4 Å². The lowest BCUT2D eigenvalue weighted by molar-refractivity contribution is -0.127. The fourth-order valence-corrected chi connectivity index (χ4v) is 3.53. The van der Waals surface area contributed by atoms with Crippen molar-refractivity contribution in [3.8, 4) is 17.3 Å². The first kappa shape index (κ1) is 13.5. The molecule has 1 aromatic carbocycles. The van der Waals surface area contributed by atoms with Crippen LogP contribution >= 0.6 is 0 Å². The van der Waals surface area contributed by atoms with Crippen LogP contribution in [-0.4, -0.2) is 40.9 Å². The Morgan fingerprint density at radius 1 is 1.12 bits per heavy atom. The lowest BCUT2D eigenvalue weighted by atomic mass is 9.78. The average molecular weight is 317 g/mol. The highest BCUT2D eigenvalue weighted by atomic mass is 16.5. The summed E-state index contributed by atoms with van der Waals surface area (Å²) in [4.78, 5) is 6.72. The minimum absolute atomic E-state index is 0.369. The van der Waals surface area contributed by atoms with Crippen molar-refractivity contribution in [3.63, 3.8) is 0 Å². The second-order valence-electron chi connectivity index (χ2n) is 6.67. The predicted molar refractivity (Wildman–Crippen MR) is 88.6 cm³/mol. The van der Waals surface area contributed by atoms with Crippen molar-refractivity contribution < 1.29 is 4.74 Å². The molecule has 0 amide bonds. The molecular formula is C18H15N5O. The number of pyridine rings is 1. The summed E-state index contributed by atoms with van der Waals surface area (Å²) < 4.78 is 7.20. The maximum Gasteiger partial charge on any atom is 0.158 e. The Kier molecular flexibility index (Phi) is 2.70. The molecule has 0 atom stereocenters. The first-order chi connectivity index (χ1) is 11.8. The zero-order valence-electron chi connectivity index (χ0n) is 13.0. The monoisotopic (exact) mass is 317 g/mol. The van der Waals surface area contributed by atoms with Crippen molar-refractivity contribution in [3.05, 3.63) is 48.3 Å². The quantitative estimate of drug-likeness (QED) is 0.724. The highest BCUT2D eigenvalue weighted by Gasteiger charge is 2.49. The number of nitriles is 1. The molecule has 0 N–H and O–H groups in total. The lowest BCUT2D eigenvalue weighted by Crippen LogP contribution is -2.66. The maximum absolute atomic E-state index is 8.98. The number of aromatic nitrogens is 3. The molecule has 1 spiro atoms. The van der Waals surface area contributed by atoms with E-state index in [1.807, 2.05) is 28.8 Å². The summed E-state index contributed by atoms with van der Waals surface area (Å²) in [5.41, 5.74) is 5.02. The molecule has 24 heavy (non-hydrogen) atoms. The second kappa shape index (κ2) is 4.79. The number of nitrogens with zero attached hydrogens (tertiary/aromatic N) is 5. The van der Waals surface area contributed by atoms with E-state index in [9.17, 15) is 0 Å². The van der Waals surface area contributed by atoms with E-state index in [1.54, 1.807) is 6.33 Å². The molecule has 0 radical (unpaired) electrons. The normalized spacial score (nSPS) is 18.2. The van der Waals surface area contributed by atoms with Gasteiger partial charge in [0.15, 0.2) is 5.65 Å². The van der Waals surface area contributed by atoms with Crippen LogP contribution in [0.3, 0.4) is 0 Å². The van der Waals surface area contributed by atoms with Crippen LogP contribution in [0.25, 0.3) is 16.9 Å². The molecule has 0 aliphatic carbocycles. The van der Waals surface area contributed by atoms with Gasteiger partial charge in [-0.25, -0.2) is 9.50 Å². The van der Waals surface area contributed by atoms with Crippen molar-refractivity contribution >= 4 is 11.3 Å². The first-order valence-electron chi connectivity index (χ1n) is 7.93. The number of anilines is 1. The van der Waals surface area contributed by atoms with Gasteiger partial charge < -0.3 is 9.64 Å². The van der Waals surface area contributed by atoms with Crippen LogP contribution in [0.2, 0.25) is 0 Å². The zero-order chi connectivity index (χ0) is 16.1. The maximum atomic E-state index is 8.98. The molecule has 6 nitrogen and oxygen atoms in total. The molecule has 2 saturated heterocycles. The third-order valence-corrected chi connectivity index (χ3v) is 4.91. The Bertz CT molecular complexity index is 957. The summed E-state index contributed by atoms with van der Waals surface area (Å²) in [5, 5.41) is 13.3. The molecule has 4 heterocycles. The van der Waals surface area contributed by atoms with Gasteiger partial charge >= 0.3 is 0 Å². The van der Waals surface area contributed by atoms with E-state index in [0.717, 1.165) is 48.9 Å². The summed E-state index contributed by atoms with van der Waals surface area (Å²) in [6.07, 6.45) is 1.57. The standard InChI is InChI=1S/C18H15N5O/c19-7-13-1-3-14(4-2-13)16-5-15(6-17-20-12-21-23(16)17)22-8-18(9-22)10-24-11-18/h1-6,12H,8-11H2. The molecule has 118 valence electrons. The van der Waals surface area contributed by atoms with Crippen molar-refractivity contribution in [1.82, 2.24) is 14.6 Å². The number of benzene rings is 1. The van der Waals surface area contributed by atoms with E-state index in [2.05, 4.69) is 33.2 Å². The fraction of sp³-hybridized carbons (Fsp3) is 0.278. The molecule has 0 saturated carbocycles. The Labute approximate surface area is 138 Å². The van der Waals surface area contributed by atoms with E-state index < -0.39 is 0 Å². The molecule has 0 bridgehead atoms. The van der Waals surface area contributed by atoms with Crippen molar-refractivity contribution in [2.24, 2.45) is 5.41 Å². The Balaban J connectivity index is 1.57. The molecular weight excluding hydrogens is 302 g/mol. The summed E-state index contributed by atoms with van der Waals surface area (Å²) in [7, 11) is 0. The number of fused-ring (bicyclic) bond motifs is 1. The fourth-order valence-electron chi connectivity index (χ4n) is 3.53. The van der Waals surface area contributed by atoms with Crippen LogP contribution in [0, 0.1) is 16.7 Å². The van der Waals surface area contributed by atoms with E-state index in [1.165, 1.54) is 0 Å². The Hall–Kier alpha value is -2.91. The van der Waals surface area contributed by atoms with Crippen molar-refractivity contribution in [2.45, 2.75) is 0 Å². The van der Waals surface area contributed by atoms with Gasteiger partial charge in [0, 0.05) is 30.4 Å². The van der Waals surface area contributed by atoms with Gasteiger partial charge in [-0.05, 0) is 18.2 Å². The molecule has 2 fully saturated rings. The zero-order valence-corrected chi connectivity index (χ0v) is 13.0. The summed E-state index contributed by atoms with van der Waals surface area (Å²) in [5.74, 6) is 0. The molecule has 2 aliphatic heterocycles. The summed E-state index contributed by atoms with van der Waals surface area (Å²) in [6.45, 7) is 3.81. The van der Waals surface area contributed by atoms with Crippen molar-refractivity contribution in [2.75, 3.05) is 31.2 Å². The highest BCUT2D eigenvalue weighted by molar-refractivity contribution is 5.71. The largest absolute Gasteiger partial charge is 0.380 e. The highest BCUT2D eigenvalue weighted by Crippen LogP contribution is 2.41. The lowest BCUT2D eigenvalue weighted by Gasteiger charge is -2.56. The Morgan fingerprint density at radius 3 is 2.58 bits per heavy atom. The third-order valence-electron chi connectivity index (χ3n) is 4.91. The van der Waals surface area contributed by atoms with Gasteiger partial charge in [0.1, 0.15) is 6.33 Å². The number of ether oxygens (including phenoxy) is 1. The van der Waals surface area contributed by atoms with Gasteiger partial charge in [0.05, 0.1) is 36.0 Å². The van der Waals surface area contributed by atoms with E-state index in [0.29, 0.717) is 11.0 Å². The van der Waals surface area contributed by atoms with E-state index in [4.69, 9.17) is 10.00 Å². The minimum Gasteiger partial charge on any atom is -0.380 e. The molecule has 6 heteroatoms. The molecule has 3 aromatic rings. The van der Waals surface area contributed by atoms with Crippen LogP contribution in [0.1, 0.15) is 5.56 Å². The molecule has 2 aliphatic rings. The van der Waals surface area contributed by atoms with E-state index >= 15 is 0 Å². The number of hydrogen-bond donors (Lipinski definition) is 0. The summed E-state index contributed by atoms with van der Waals surface area (Å²) >= 11 is 0. The van der Waals surface area contributed by atoms with Gasteiger partial charge in [-0.1, -0.05) is 12.1 Å². The van der Waals surface area contributed by atoms with Gasteiger partial charge in [-0.15, -0.1) is 0 Å². The van der Waals surface area contributed by atoms with Gasteiger partial charge in [-0.3, -0.25) is 0 Å². The first-order valence-corrected chi connectivity index (χ1v) is 7.93. The molecule has 5 rings (SSSR count). The molecule has 2 aromatic heterocycles. The van der Waals surface area contributed by atoms with Crippen LogP contribution in [-0.2, 0) is 4.74 Å². The van der Waals surface area contributed by atoms with Crippen LogP contribution in [0.4, 0.5) is 5.69 Å². The third kappa shape index (κ3) is 1.92. The molecule has 0 unspecified atom stereocenters. The number of hydrogen-bond acceptors (Lipinski definition) is 5. The van der Waals surface area contributed by atoms with Crippen molar-refractivity contribution in [1.29, 1.82) is 5.26 Å². The topological polar surface area (TPSA) is 66.5 Å².